The van der Waals surface area contributed by atoms with Crippen molar-refractivity contribution in [2.24, 2.45) is 17.2 Å². The Hall–Kier alpha value is -2.74. The lowest BCUT2D eigenvalue weighted by molar-refractivity contribution is -0.132. The molecule has 0 aliphatic carbocycles. The zero-order chi connectivity index (χ0) is 19.7. The van der Waals surface area contributed by atoms with Crippen molar-refractivity contribution in [3.8, 4) is 0 Å². The predicted octanol–water partition coefficient (Wildman–Crippen LogP) is 0.760. The highest BCUT2D eigenvalue weighted by atomic mass is 16.2. The van der Waals surface area contributed by atoms with Crippen molar-refractivity contribution in [2.45, 2.75) is 51.0 Å². The maximum Gasteiger partial charge on any atom is 0.254 e. The molecule has 26 heavy (non-hydrogen) atoms. The molecule has 1 aromatic carbocycles. The molecule has 1 aromatic rings. The van der Waals surface area contributed by atoms with Crippen LogP contribution in [0.2, 0.25) is 0 Å². The number of benzene rings is 1. The summed E-state index contributed by atoms with van der Waals surface area (Å²) in [5.74, 6) is -1.81. The van der Waals surface area contributed by atoms with E-state index < -0.39 is 23.2 Å². The summed E-state index contributed by atoms with van der Waals surface area (Å²) in [6.45, 7) is 2.07. The van der Waals surface area contributed by atoms with Gasteiger partial charge in [-0.25, -0.2) is 0 Å². The molecule has 8 heteroatoms. The quantitative estimate of drug-likeness (QED) is 0.205. The molecule has 1 rings (SSSR count). The summed E-state index contributed by atoms with van der Waals surface area (Å²) in [6.07, 6.45) is 3.88. The summed E-state index contributed by atoms with van der Waals surface area (Å²) in [4.78, 5) is 24.4. The summed E-state index contributed by atoms with van der Waals surface area (Å²) in [7, 11) is 0. The monoisotopic (exact) mass is 360 g/mol. The molecular formula is C18H28N6O2. The zero-order valence-corrected chi connectivity index (χ0v) is 15.1. The van der Waals surface area contributed by atoms with Gasteiger partial charge in [-0.2, -0.15) is 0 Å². The second-order valence-electron chi connectivity index (χ2n) is 6.36. The fraction of sp³-hybridized carbons (Fsp3) is 0.444. The van der Waals surface area contributed by atoms with E-state index in [4.69, 9.17) is 28.0 Å². The SMILES string of the molecule is CCCCCCC(=O)NC(=O)[C@@](N)(Cc1ccc(C(=N)N)cc1)C(=N)N. The standard InChI is InChI=1S/C18H28N6O2/c1-2-3-4-5-6-14(25)24-17(26)18(23,16(21)22)11-12-7-9-13(10-8-12)15(19)20/h7-10H,2-6,11,23H2,1H3,(H3,19,20)(H3,21,22)(H,24,25,26)/t18-/m1/s1. The van der Waals surface area contributed by atoms with Crippen LogP contribution in [0.1, 0.15) is 50.2 Å². The van der Waals surface area contributed by atoms with Gasteiger partial charge >= 0.3 is 0 Å². The van der Waals surface area contributed by atoms with Gasteiger partial charge in [0.05, 0.1) is 0 Å². The van der Waals surface area contributed by atoms with Gasteiger partial charge in [0.1, 0.15) is 11.7 Å². The van der Waals surface area contributed by atoms with Crippen molar-refractivity contribution in [1.29, 1.82) is 10.8 Å². The summed E-state index contributed by atoms with van der Waals surface area (Å²) in [6, 6.07) is 6.55. The molecule has 0 aliphatic heterocycles. The third-order valence-corrected chi connectivity index (χ3v) is 4.14. The van der Waals surface area contributed by atoms with Crippen LogP contribution in [0.5, 0.6) is 0 Å². The molecule has 0 heterocycles. The number of nitrogens with two attached hydrogens (primary N) is 3. The van der Waals surface area contributed by atoms with E-state index in [-0.39, 0.29) is 18.7 Å². The molecule has 0 unspecified atom stereocenters. The van der Waals surface area contributed by atoms with Crippen molar-refractivity contribution in [1.82, 2.24) is 5.32 Å². The fourth-order valence-electron chi connectivity index (χ4n) is 2.43. The minimum absolute atomic E-state index is 0.0462. The van der Waals surface area contributed by atoms with Gasteiger partial charge in [0.2, 0.25) is 5.91 Å². The number of imide groups is 1. The molecule has 9 N–H and O–H groups in total. The van der Waals surface area contributed by atoms with Crippen LogP contribution in [0, 0.1) is 10.8 Å². The van der Waals surface area contributed by atoms with Gasteiger partial charge in [-0.15, -0.1) is 0 Å². The fourth-order valence-corrected chi connectivity index (χ4v) is 2.43. The number of unbranched alkanes of at least 4 members (excludes halogenated alkanes) is 3. The highest BCUT2D eigenvalue weighted by Crippen LogP contribution is 2.13. The summed E-state index contributed by atoms with van der Waals surface area (Å²) in [5.41, 5.74) is 16.4. The van der Waals surface area contributed by atoms with Gasteiger partial charge in [0.25, 0.3) is 5.91 Å². The molecule has 142 valence electrons. The van der Waals surface area contributed by atoms with Crippen LogP contribution in [0.3, 0.4) is 0 Å². The number of nitrogen functional groups attached to an aromatic ring is 1. The summed E-state index contributed by atoms with van der Waals surface area (Å²) >= 11 is 0. The first-order valence-electron chi connectivity index (χ1n) is 8.61. The van der Waals surface area contributed by atoms with Crippen molar-refractivity contribution >= 4 is 23.5 Å². The molecule has 0 radical (unpaired) electrons. The van der Waals surface area contributed by atoms with E-state index in [2.05, 4.69) is 12.2 Å². The number of rotatable bonds is 10. The number of carbonyl (C=O) groups excluding carboxylic acids is 2. The lowest BCUT2D eigenvalue weighted by Gasteiger charge is -2.26. The topological polar surface area (TPSA) is 172 Å². The molecular weight excluding hydrogens is 332 g/mol. The maximum absolute atomic E-state index is 12.5. The summed E-state index contributed by atoms with van der Waals surface area (Å²) in [5, 5.41) is 17.3. The largest absolute Gasteiger partial charge is 0.386 e. The van der Waals surface area contributed by atoms with Crippen molar-refractivity contribution in [3.05, 3.63) is 35.4 Å². The summed E-state index contributed by atoms with van der Waals surface area (Å²) < 4.78 is 0. The Kier molecular flexibility index (Phi) is 7.92. The number of hydrogen-bond donors (Lipinski definition) is 6. The average molecular weight is 360 g/mol. The van der Waals surface area contributed by atoms with Gasteiger partial charge in [-0.1, -0.05) is 50.5 Å². The van der Waals surface area contributed by atoms with E-state index in [9.17, 15) is 9.59 Å². The molecule has 0 aromatic heterocycles. The molecule has 0 aliphatic rings. The highest BCUT2D eigenvalue weighted by molar-refractivity contribution is 6.14. The first-order valence-corrected chi connectivity index (χ1v) is 8.61. The van der Waals surface area contributed by atoms with Gasteiger partial charge in [0, 0.05) is 18.4 Å². The number of amides is 2. The van der Waals surface area contributed by atoms with Crippen molar-refractivity contribution in [3.63, 3.8) is 0 Å². The second-order valence-corrected chi connectivity index (χ2v) is 6.36. The number of amidine groups is 2. The van der Waals surface area contributed by atoms with Gasteiger partial charge in [-0.3, -0.25) is 25.7 Å². The third kappa shape index (κ3) is 5.96. The normalized spacial score (nSPS) is 12.8. The highest BCUT2D eigenvalue weighted by Gasteiger charge is 2.38. The van der Waals surface area contributed by atoms with E-state index in [1.807, 2.05) is 0 Å². The zero-order valence-electron chi connectivity index (χ0n) is 15.1. The molecule has 0 saturated carbocycles. The van der Waals surface area contributed by atoms with Gasteiger partial charge < -0.3 is 17.2 Å². The minimum Gasteiger partial charge on any atom is -0.386 e. The molecule has 1 atom stereocenters. The molecule has 8 nitrogen and oxygen atoms in total. The average Bonchev–Trinajstić information content (AvgIpc) is 2.58. The van der Waals surface area contributed by atoms with Crippen molar-refractivity contribution in [2.75, 3.05) is 0 Å². The van der Waals surface area contributed by atoms with Crippen LogP contribution in [0.15, 0.2) is 24.3 Å². The maximum atomic E-state index is 12.5. The third-order valence-electron chi connectivity index (χ3n) is 4.14. The molecule has 0 fully saturated rings. The number of hydrogen-bond acceptors (Lipinski definition) is 5. The number of carbonyl (C=O) groups is 2. The minimum atomic E-state index is -1.82. The van der Waals surface area contributed by atoms with E-state index >= 15 is 0 Å². The van der Waals surface area contributed by atoms with Crippen LogP contribution >= 0.6 is 0 Å². The van der Waals surface area contributed by atoms with E-state index in [0.29, 0.717) is 17.5 Å². The van der Waals surface area contributed by atoms with Crippen LogP contribution in [-0.2, 0) is 16.0 Å². The van der Waals surface area contributed by atoms with Gasteiger partial charge in [-0.05, 0) is 12.0 Å². The first kappa shape index (κ1) is 21.3. The van der Waals surface area contributed by atoms with Crippen LogP contribution in [0.25, 0.3) is 0 Å². The van der Waals surface area contributed by atoms with E-state index in [0.717, 1.165) is 19.3 Å². The molecule has 0 bridgehead atoms. The predicted molar refractivity (Wildman–Crippen MR) is 102 cm³/mol. The van der Waals surface area contributed by atoms with E-state index in [1.54, 1.807) is 24.3 Å². The van der Waals surface area contributed by atoms with Crippen molar-refractivity contribution < 1.29 is 9.59 Å². The van der Waals surface area contributed by atoms with Crippen LogP contribution < -0.4 is 22.5 Å². The molecule has 2 amide bonds. The Balaban J connectivity index is 2.78. The molecule has 0 saturated heterocycles. The Morgan fingerprint density at radius 1 is 1.08 bits per heavy atom. The number of nitrogens with one attached hydrogen (secondary N) is 3. The second kappa shape index (κ2) is 9.67. The molecule has 0 spiro atoms. The Labute approximate surface area is 153 Å². The van der Waals surface area contributed by atoms with Gasteiger partial charge in [0.15, 0.2) is 5.54 Å². The Morgan fingerprint density at radius 3 is 2.19 bits per heavy atom. The van der Waals surface area contributed by atoms with E-state index in [1.165, 1.54) is 0 Å². The first-order chi connectivity index (χ1) is 12.2. The lowest BCUT2D eigenvalue weighted by atomic mass is 9.89. The van der Waals surface area contributed by atoms with Crippen LogP contribution in [0.4, 0.5) is 0 Å². The lowest BCUT2D eigenvalue weighted by Crippen LogP contribution is -2.64. The van der Waals surface area contributed by atoms with Crippen LogP contribution in [-0.4, -0.2) is 29.0 Å². The Morgan fingerprint density at radius 2 is 1.69 bits per heavy atom. The Bertz CT molecular complexity index is 671. The smallest absolute Gasteiger partial charge is 0.254 e.